The number of pyridine rings is 2. The highest BCUT2D eigenvalue weighted by atomic mass is 15.0. The lowest BCUT2D eigenvalue weighted by Crippen LogP contribution is -2.14. The molecule has 4 heteroatoms. The van der Waals surface area contributed by atoms with Gasteiger partial charge in [-0.2, -0.15) is 0 Å². The second kappa shape index (κ2) is 5.84. The zero-order chi connectivity index (χ0) is 11.9. The van der Waals surface area contributed by atoms with Crippen LogP contribution in [0.15, 0.2) is 42.7 Å². The van der Waals surface area contributed by atoms with E-state index < -0.39 is 0 Å². The van der Waals surface area contributed by atoms with Crippen LogP contribution in [-0.4, -0.2) is 23.1 Å². The van der Waals surface area contributed by atoms with E-state index in [9.17, 15) is 0 Å². The average Bonchev–Trinajstić information content (AvgIpc) is 2.38. The molecule has 0 radical (unpaired) electrons. The summed E-state index contributed by atoms with van der Waals surface area (Å²) in [4.78, 5) is 8.45. The number of aryl methyl sites for hydroxylation is 1. The highest BCUT2D eigenvalue weighted by molar-refractivity contribution is 5.37. The number of rotatable bonds is 5. The van der Waals surface area contributed by atoms with Crippen LogP contribution in [0.25, 0.3) is 0 Å². The molecule has 0 aliphatic heterocycles. The molecular formula is C13H16N4. The Morgan fingerprint density at radius 1 is 0.941 bits per heavy atom. The quantitative estimate of drug-likeness (QED) is 0.771. The summed E-state index contributed by atoms with van der Waals surface area (Å²) < 4.78 is 0. The molecule has 17 heavy (non-hydrogen) atoms. The molecule has 0 saturated carbocycles. The maximum absolute atomic E-state index is 4.27. The number of hydrogen-bond acceptors (Lipinski definition) is 4. The van der Waals surface area contributed by atoms with Gasteiger partial charge in [-0.05, 0) is 30.7 Å². The smallest absolute Gasteiger partial charge is 0.125 e. The summed E-state index contributed by atoms with van der Waals surface area (Å²) in [7, 11) is 0. The molecule has 2 N–H and O–H groups in total. The molecule has 0 aromatic carbocycles. The first-order valence-electron chi connectivity index (χ1n) is 5.66. The van der Waals surface area contributed by atoms with Gasteiger partial charge < -0.3 is 10.6 Å². The van der Waals surface area contributed by atoms with E-state index in [0.717, 1.165) is 24.7 Å². The van der Waals surface area contributed by atoms with Crippen molar-refractivity contribution in [3.05, 3.63) is 48.3 Å². The highest BCUT2D eigenvalue weighted by Gasteiger charge is 1.93. The number of hydrogen-bond donors (Lipinski definition) is 2. The fourth-order valence-electron chi connectivity index (χ4n) is 1.42. The van der Waals surface area contributed by atoms with Gasteiger partial charge in [0.25, 0.3) is 0 Å². The van der Waals surface area contributed by atoms with Crippen LogP contribution in [0.2, 0.25) is 0 Å². The Morgan fingerprint density at radius 2 is 1.71 bits per heavy atom. The maximum atomic E-state index is 4.27. The zero-order valence-corrected chi connectivity index (χ0v) is 9.85. The van der Waals surface area contributed by atoms with Gasteiger partial charge in [0.05, 0.1) is 0 Å². The molecule has 0 aliphatic carbocycles. The van der Waals surface area contributed by atoms with Crippen LogP contribution in [0.5, 0.6) is 0 Å². The van der Waals surface area contributed by atoms with Gasteiger partial charge in [-0.25, -0.2) is 9.97 Å². The topological polar surface area (TPSA) is 49.8 Å². The van der Waals surface area contributed by atoms with Crippen molar-refractivity contribution in [1.29, 1.82) is 0 Å². The third-order valence-corrected chi connectivity index (χ3v) is 2.31. The van der Waals surface area contributed by atoms with Crippen molar-refractivity contribution in [3.63, 3.8) is 0 Å². The molecule has 88 valence electrons. The van der Waals surface area contributed by atoms with E-state index in [1.54, 1.807) is 6.20 Å². The predicted octanol–water partition coefficient (Wildman–Crippen LogP) is 2.31. The molecule has 0 atom stereocenters. The molecule has 0 bridgehead atoms. The monoisotopic (exact) mass is 228 g/mol. The Morgan fingerprint density at radius 3 is 2.29 bits per heavy atom. The molecule has 2 rings (SSSR count). The molecule has 0 fully saturated rings. The van der Waals surface area contributed by atoms with E-state index in [-0.39, 0.29) is 0 Å². The van der Waals surface area contributed by atoms with Gasteiger partial charge in [0.1, 0.15) is 11.6 Å². The first kappa shape index (κ1) is 11.4. The molecule has 0 unspecified atom stereocenters. The number of nitrogens with zero attached hydrogens (tertiary/aromatic N) is 2. The van der Waals surface area contributed by atoms with Gasteiger partial charge in [-0.1, -0.05) is 12.1 Å². The van der Waals surface area contributed by atoms with Crippen molar-refractivity contribution in [2.24, 2.45) is 0 Å². The largest absolute Gasteiger partial charge is 0.368 e. The van der Waals surface area contributed by atoms with E-state index in [4.69, 9.17) is 0 Å². The standard InChI is InChI=1S/C13H16N4/c1-11-5-6-13(17-10-11)16-9-8-15-12-4-2-3-7-14-12/h2-7,10H,8-9H2,1H3,(H,14,15)(H,16,17). The molecule has 0 amide bonds. The van der Waals surface area contributed by atoms with Crippen molar-refractivity contribution >= 4 is 11.6 Å². The summed E-state index contributed by atoms with van der Waals surface area (Å²) in [5.41, 5.74) is 1.17. The Balaban J connectivity index is 1.71. The Labute approximate surface area is 101 Å². The first-order valence-corrected chi connectivity index (χ1v) is 5.66. The van der Waals surface area contributed by atoms with Crippen LogP contribution in [0.1, 0.15) is 5.56 Å². The molecule has 2 heterocycles. The van der Waals surface area contributed by atoms with Crippen LogP contribution < -0.4 is 10.6 Å². The summed E-state index contributed by atoms with van der Waals surface area (Å²) >= 11 is 0. The van der Waals surface area contributed by atoms with Crippen LogP contribution in [0.4, 0.5) is 11.6 Å². The summed E-state index contributed by atoms with van der Waals surface area (Å²) in [5.74, 6) is 1.80. The lowest BCUT2D eigenvalue weighted by atomic mass is 10.3. The first-order chi connectivity index (χ1) is 8.34. The van der Waals surface area contributed by atoms with Gasteiger partial charge in [0, 0.05) is 25.5 Å². The molecule has 0 saturated heterocycles. The molecule has 2 aromatic rings. The Kier molecular flexibility index (Phi) is 3.91. The number of aromatic nitrogens is 2. The van der Waals surface area contributed by atoms with Crippen LogP contribution in [-0.2, 0) is 0 Å². The minimum absolute atomic E-state index is 0.812. The van der Waals surface area contributed by atoms with E-state index in [2.05, 4.69) is 20.6 Å². The molecule has 4 nitrogen and oxygen atoms in total. The van der Waals surface area contributed by atoms with E-state index in [1.165, 1.54) is 5.56 Å². The predicted molar refractivity (Wildman–Crippen MR) is 70.2 cm³/mol. The van der Waals surface area contributed by atoms with Crippen LogP contribution in [0, 0.1) is 6.92 Å². The van der Waals surface area contributed by atoms with Crippen molar-refractivity contribution in [3.8, 4) is 0 Å². The SMILES string of the molecule is Cc1ccc(NCCNc2ccccn2)nc1. The fourth-order valence-corrected chi connectivity index (χ4v) is 1.42. The zero-order valence-electron chi connectivity index (χ0n) is 9.85. The van der Waals surface area contributed by atoms with E-state index in [0.29, 0.717) is 0 Å². The van der Waals surface area contributed by atoms with Crippen LogP contribution in [0.3, 0.4) is 0 Å². The van der Waals surface area contributed by atoms with Crippen molar-refractivity contribution in [2.45, 2.75) is 6.92 Å². The summed E-state index contributed by atoms with van der Waals surface area (Å²) in [5, 5.41) is 6.47. The summed E-state index contributed by atoms with van der Waals surface area (Å²) in [6.45, 7) is 3.65. The lowest BCUT2D eigenvalue weighted by molar-refractivity contribution is 1.04. The molecule has 0 spiro atoms. The maximum Gasteiger partial charge on any atom is 0.125 e. The second-order valence-corrected chi connectivity index (χ2v) is 3.79. The van der Waals surface area contributed by atoms with Gasteiger partial charge in [-0.15, -0.1) is 0 Å². The fraction of sp³-hybridized carbons (Fsp3) is 0.231. The van der Waals surface area contributed by atoms with Crippen LogP contribution >= 0.6 is 0 Å². The molecule has 2 aromatic heterocycles. The van der Waals surface area contributed by atoms with Gasteiger partial charge in [0.15, 0.2) is 0 Å². The van der Waals surface area contributed by atoms with Crippen molar-refractivity contribution < 1.29 is 0 Å². The lowest BCUT2D eigenvalue weighted by Gasteiger charge is -2.07. The minimum atomic E-state index is 0.812. The molecular weight excluding hydrogens is 212 g/mol. The van der Waals surface area contributed by atoms with Crippen molar-refractivity contribution in [1.82, 2.24) is 9.97 Å². The average molecular weight is 228 g/mol. The molecule has 0 aliphatic rings. The number of anilines is 2. The van der Waals surface area contributed by atoms with Gasteiger partial charge >= 0.3 is 0 Å². The van der Waals surface area contributed by atoms with Gasteiger partial charge in [-0.3, -0.25) is 0 Å². The highest BCUT2D eigenvalue weighted by Crippen LogP contribution is 2.03. The third-order valence-electron chi connectivity index (χ3n) is 2.31. The van der Waals surface area contributed by atoms with Crippen molar-refractivity contribution in [2.75, 3.05) is 23.7 Å². The van der Waals surface area contributed by atoms with Gasteiger partial charge in [0.2, 0.25) is 0 Å². The summed E-state index contributed by atoms with van der Waals surface area (Å²) in [6.07, 6.45) is 3.63. The summed E-state index contributed by atoms with van der Waals surface area (Å²) in [6, 6.07) is 9.84. The Bertz CT molecular complexity index is 439. The third kappa shape index (κ3) is 3.75. The second-order valence-electron chi connectivity index (χ2n) is 3.79. The normalized spacial score (nSPS) is 9.94. The van der Waals surface area contributed by atoms with E-state index in [1.807, 2.05) is 43.5 Å². The minimum Gasteiger partial charge on any atom is -0.368 e. The van der Waals surface area contributed by atoms with E-state index >= 15 is 0 Å². The Hall–Kier alpha value is -2.10. The number of nitrogens with one attached hydrogen (secondary N) is 2.